The maximum Gasteiger partial charge on any atom is 0.243 e. The zero-order chi connectivity index (χ0) is 27.8. The SMILES string of the molecule is CC(=N)N1CCC(NC(=O)[C@@H](NC(=O)C(Cc2ccc(C(=N)N)cc2)C(=O)N(C)C)C2CCCCC2)CC1.Cl. The predicted molar refractivity (Wildman–Crippen MR) is 155 cm³/mol. The van der Waals surface area contributed by atoms with Crippen molar-refractivity contribution in [3.63, 3.8) is 0 Å². The van der Waals surface area contributed by atoms with Gasteiger partial charge in [-0.25, -0.2) is 0 Å². The van der Waals surface area contributed by atoms with Crippen molar-refractivity contribution in [3.8, 4) is 0 Å². The number of carbonyl (C=O) groups excluding carboxylic acids is 3. The second kappa shape index (κ2) is 14.9. The maximum absolute atomic E-state index is 13.6. The van der Waals surface area contributed by atoms with E-state index < -0.39 is 17.9 Å². The van der Waals surface area contributed by atoms with Gasteiger partial charge in [0.2, 0.25) is 17.7 Å². The molecule has 6 N–H and O–H groups in total. The second-order valence-corrected chi connectivity index (χ2v) is 10.8. The Morgan fingerprint density at radius 2 is 1.59 bits per heavy atom. The highest BCUT2D eigenvalue weighted by molar-refractivity contribution is 6.02. The molecule has 1 aromatic rings. The minimum absolute atomic E-state index is 0. The van der Waals surface area contributed by atoms with Gasteiger partial charge >= 0.3 is 0 Å². The molecule has 3 amide bonds. The van der Waals surface area contributed by atoms with Crippen LogP contribution >= 0.6 is 12.4 Å². The molecule has 2 aliphatic rings. The summed E-state index contributed by atoms with van der Waals surface area (Å²) < 4.78 is 0. The number of nitrogens with two attached hydrogens (primary N) is 1. The Kier molecular flexibility index (Phi) is 12.2. The Balaban J connectivity index is 0.00000533. The zero-order valence-electron chi connectivity index (χ0n) is 23.3. The van der Waals surface area contributed by atoms with E-state index in [1.807, 2.05) is 4.90 Å². The van der Waals surface area contributed by atoms with Crippen molar-refractivity contribution in [2.24, 2.45) is 17.6 Å². The molecule has 1 aromatic carbocycles. The van der Waals surface area contributed by atoms with Crippen molar-refractivity contribution >= 4 is 41.8 Å². The molecule has 2 atom stereocenters. The van der Waals surface area contributed by atoms with Gasteiger partial charge in [-0.15, -0.1) is 12.4 Å². The summed E-state index contributed by atoms with van der Waals surface area (Å²) in [4.78, 5) is 43.6. The summed E-state index contributed by atoms with van der Waals surface area (Å²) in [6.45, 7) is 3.22. The number of piperidine rings is 1. The Morgan fingerprint density at radius 1 is 1.00 bits per heavy atom. The van der Waals surface area contributed by atoms with Crippen LogP contribution in [0.15, 0.2) is 24.3 Å². The molecule has 0 radical (unpaired) electrons. The predicted octanol–water partition coefficient (Wildman–Crippen LogP) is 2.28. The van der Waals surface area contributed by atoms with Gasteiger partial charge < -0.3 is 26.2 Å². The number of amidine groups is 2. The van der Waals surface area contributed by atoms with Gasteiger partial charge in [-0.1, -0.05) is 43.5 Å². The molecular formula is C28H44ClN7O3. The number of hydrogen-bond acceptors (Lipinski definition) is 5. The first-order valence-electron chi connectivity index (χ1n) is 13.6. The molecule has 1 aliphatic carbocycles. The lowest BCUT2D eigenvalue weighted by Crippen LogP contribution is -2.57. The van der Waals surface area contributed by atoms with Crippen molar-refractivity contribution in [3.05, 3.63) is 35.4 Å². The largest absolute Gasteiger partial charge is 0.384 e. The van der Waals surface area contributed by atoms with E-state index in [1.54, 1.807) is 45.3 Å². The molecule has 1 saturated heterocycles. The lowest BCUT2D eigenvalue weighted by Gasteiger charge is -2.36. The van der Waals surface area contributed by atoms with Gasteiger partial charge in [0.05, 0.1) is 5.84 Å². The molecule has 0 aromatic heterocycles. The van der Waals surface area contributed by atoms with Gasteiger partial charge in [-0.2, -0.15) is 0 Å². The fourth-order valence-electron chi connectivity index (χ4n) is 5.43. The molecule has 1 saturated carbocycles. The average Bonchev–Trinajstić information content (AvgIpc) is 2.90. The molecule has 3 rings (SSSR count). The van der Waals surface area contributed by atoms with Crippen LogP contribution in [0.4, 0.5) is 0 Å². The van der Waals surface area contributed by atoms with Crippen LogP contribution in [0.1, 0.15) is 63.0 Å². The molecule has 1 unspecified atom stereocenters. The lowest BCUT2D eigenvalue weighted by atomic mass is 9.83. The van der Waals surface area contributed by atoms with Gasteiger partial charge in [0.25, 0.3) is 0 Å². The summed E-state index contributed by atoms with van der Waals surface area (Å²) in [5, 5.41) is 21.6. The van der Waals surface area contributed by atoms with Gasteiger partial charge in [0.1, 0.15) is 17.8 Å². The van der Waals surface area contributed by atoms with Gasteiger partial charge in [0, 0.05) is 38.8 Å². The van der Waals surface area contributed by atoms with Crippen LogP contribution in [0.25, 0.3) is 0 Å². The van der Waals surface area contributed by atoms with Crippen LogP contribution in [-0.2, 0) is 20.8 Å². The summed E-state index contributed by atoms with van der Waals surface area (Å²) in [5.41, 5.74) is 6.90. The Labute approximate surface area is 237 Å². The van der Waals surface area contributed by atoms with Crippen LogP contribution in [0.2, 0.25) is 0 Å². The standard InChI is InChI=1S/C28H43N7O3.ClH/c1-18(29)35-15-13-22(14-16-35)32-27(37)24(20-7-5-4-6-8-20)33-26(36)23(28(38)34(2)3)17-19-9-11-21(12-10-19)25(30)31;/h9-12,20,22-24,29H,4-8,13-17H2,1-3H3,(H3,30,31)(H,32,37)(H,33,36);1H/t23?,24-;/m0./s1. The quantitative estimate of drug-likeness (QED) is 0.178. The fraction of sp³-hybridized carbons (Fsp3) is 0.607. The number of halogens is 1. The number of hydrogen-bond donors (Lipinski definition) is 5. The summed E-state index contributed by atoms with van der Waals surface area (Å²) in [6.07, 6.45) is 6.58. The van der Waals surface area contributed by atoms with E-state index >= 15 is 0 Å². The fourth-order valence-corrected chi connectivity index (χ4v) is 5.43. The van der Waals surface area contributed by atoms with E-state index in [1.165, 1.54) is 4.90 Å². The number of nitrogen functional groups attached to an aromatic ring is 1. The number of carbonyl (C=O) groups is 3. The number of amides is 3. The van der Waals surface area contributed by atoms with Crippen molar-refractivity contribution < 1.29 is 14.4 Å². The third-order valence-corrected chi connectivity index (χ3v) is 7.78. The Hall–Kier alpha value is -3.14. The van der Waals surface area contributed by atoms with Crippen molar-refractivity contribution in [1.82, 2.24) is 20.4 Å². The lowest BCUT2D eigenvalue weighted by molar-refractivity contribution is -0.142. The van der Waals surface area contributed by atoms with Gasteiger partial charge in [0.15, 0.2) is 0 Å². The number of nitrogens with one attached hydrogen (secondary N) is 4. The van der Waals surface area contributed by atoms with E-state index in [-0.39, 0.29) is 48.4 Å². The van der Waals surface area contributed by atoms with Crippen molar-refractivity contribution in [2.75, 3.05) is 27.2 Å². The summed E-state index contributed by atoms with van der Waals surface area (Å²) >= 11 is 0. The maximum atomic E-state index is 13.6. The molecule has 39 heavy (non-hydrogen) atoms. The molecule has 216 valence electrons. The van der Waals surface area contributed by atoms with E-state index in [4.69, 9.17) is 16.6 Å². The first kappa shape index (κ1) is 32.1. The molecule has 10 nitrogen and oxygen atoms in total. The highest BCUT2D eigenvalue weighted by Crippen LogP contribution is 2.27. The second-order valence-electron chi connectivity index (χ2n) is 10.8. The molecule has 2 fully saturated rings. The minimum Gasteiger partial charge on any atom is -0.384 e. The molecule has 1 aliphatic heterocycles. The molecule has 11 heteroatoms. The third-order valence-electron chi connectivity index (χ3n) is 7.78. The first-order chi connectivity index (χ1) is 18.1. The van der Waals surface area contributed by atoms with Crippen LogP contribution in [0.5, 0.6) is 0 Å². The molecule has 0 bridgehead atoms. The van der Waals surface area contributed by atoms with Crippen LogP contribution in [-0.4, -0.2) is 78.5 Å². The Bertz CT molecular complexity index is 1020. The van der Waals surface area contributed by atoms with Crippen LogP contribution < -0.4 is 16.4 Å². The topological polar surface area (TPSA) is 155 Å². The number of likely N-dealkylation sites (tertiary alicyclic amines) is 1. The summed E-state index contributed by atoms with van der Waals surface area (Å²) in [7, 11) is 3.24. The van der Waals surface area contributed by atoms with Crippen molar-refractivity contribution in [1.29, 1.82) is 10.8 Å². The highest BCUT2D eigenvalue weighted by atomic mass is 35.5. The van der Waals surface area contributed by atoms with E-state index in [2.05, 4.69) is 10.6 Å². The van der Waals surface area contributed by atoms with E-state index in [0.717, 1.165) is 63.6 Å². The first-order valence-corrected chi connectivity index (χ1v) is 13.6. The average molecular weight is 562 g/mol. The number of rotatable bonds is 9. The molecule has 0 spiro atoms. The monoisotopic (exact) mass is 561 g/mol. The summed E-state index contributed by atoms with van der Waals surface area (Å²) in [6, 6.07) is 6.26. The van der Waals surface area contributed by atoms with E-state index in [0.29, 0.717) is 11.4 Å². The number of benzene rings is 1. The van der Waals surface area contributed by atoms with Crippen molar-refractivity contribution in [2.45, 2.75) is 70.4 Å². The molecular weight excluding hydrogens is 518 g/mol. The Morgan fingerprint density at radius 3 is 2.10 bits per heavy atom. The summed E-state index contributed by atoms with van der Waals surface area (Å²) in [5.74, 6) is -1.41. The normalized spacial score (nSPS) is 17.8. The van der Waals surface area contributed by atoms with Gasteiger partial charge in [-0.3, -0.25) is 25.2 Å². The minimum atomic E-state index is -0.981. The van der Waals surface area contributed by atoms with Crippen LogP contribution in [0.3, 0.4) is 0 Å². The highest BCUT2D eigenvalue weighted by Gasteiger charge is 2.36. The smallest absolute Gasteiger partial charge is 0.243 e. The zero-order valence-corrected chi connectivity index (χ0v) is 24.1. The van der Waals surface area contributed by atoms with E-state index in [9.17, 15) is 14.4 Å². The van der Waals surface area contributed by atoms with Gasteiger partial charge in [-0.05, 0) is 50.5 Å². The molecule has 1 heterocycles. The van der Waals surface area contributed by atoms with Crippen LogP contribution in [0, 0.1) is 22.7 Å². The third kappa shape index (κ3) is 8.95. The number of nitrogens with zero attached hydrogens (tertiary/aromatic N) is 2.